The van der Waals surface area contributed by atoms with Gasteiger partial charge in [-0.25, -0.2) is 0 Å². The number of aryl methyl sites for hydroxylation is 1. The number of benzene rings is 2. The van der Waals surface area contributed by atoms with Gasteiger partial charge in [0.15, 0.2) is 0 Å². The van der Waals surface area contributed by atoms with E-state index in [0.29, 0.717) is 16.6 Å². The van der Waals surface area contributed by atoms with Gasteiger partial charge >= 0.3 is 0 Å². The van der Waals surface area contributed by atoms with Crippen LogP contribution in [0.2, 0.25) is 10.0 Å². The first-order chi connectivity index (χ1) is 10.5. The first kappa shape index (κ1) is 16.8. The average Bonchev–Trinajstić information content (AvgIpc) is 2.48. The number of halogens is 2. The molecule has 0 spiro atoms. The molecule has 0 aromatic heterocycles. The number of anilines is 1. The maximum Gasteiger partial charge on any atom is 0.238 e. The SMILES string of the molecule is Cc1ccc(NC(=O)CNCCc2ccc(Cl)cc2Cl)cc1. The Morgan fingerprint density at radius 3 is 2.50 bits per heavy atom. The Kier molecular flexibility index (Phi) is 6.25. The normalized spacial score (nSPS) is 10.5. The highest BCUT2D eigenvalue weighted by molar-refractivity contribution is 6.35. The Morgan fingerprint density at radius 2 is 1.82 bits per heavy atom. The van der Waals surface area contributed by atoms with E-state index in [-0.39, 0.29) is 12.5 Å². The van der Waals surface area contributed by atoms with E-state index in [0.717, 1.165) is 23.2 Å². The van der Waals surface area contributed by atoms with Gasteiger partial charge in [-0.2, -0.15) is 0 Å². The van der Waals surface area contributed by atoms with Crippen LogP contribution in [0.3, 0.4) is 0 Å². The molecule has 0 unspecified atom stereocenters. The predicted octanol–water partition coefficient (Wildman–Crippen LogP) is 4.07. The van der Waals surface area contributed by atoms with Gasteiger partial charge in [0.2, 0.25) is 5.91 Å². The number of amides is 1. The number of nitrogens with one attached hydrogen (secondary N) is 2. The number of carbonyl (C=O) groups is 1. The fourth-order valence-electron chi connectivity index (χ4n) is 1.99. The fraction of sp³-hybridized carbons (Fsp3) is 0.235. The van der Waals surface area contributed by atoms with Crippen molar-refractivity contribution in [2.75, 3.05) is 18.4 Å². The summed E-state index contributed by atoms with van der Waals surface area (Å²) in [6, 6.07) is 13.1. The maximum atomic E-state index is 11.8. The van der Waals surface area contributed by atoms with Crippen LogP contribution in [0.1, 0.15) is 11.1 Å². The topological polar surface area (TPSA) is 41.1 Å². The first-order valence-electron chi connectivity index (χ1n) is 7.06. The third-order valence-electron chi connectivity index (χ3n) is 3.21. The van der Waals surface area contributed by atoms with Gasteiger partial charge in [-0.1, -0.05) is 47.0 Å². The van der Waals surface area contributed by atoms with Gasteiger partial charge in [0.05, 0.1) is 6.54 Å². The molecular formula is C17H18Cl2N2O. The second-order valence-corrected chi connectivity index (χ2v) is 5.92. The molecule has 0 bridgehead atoms. The second kappa shape index (κ2) is 8.18. The van der Waals surface area contributed by atoms with E-state index in [1.165, 1.54) is 0 Å². The standard InChI is InChI=1S/C17H18Cl2N2O/c1-12-2-6-15(7-3-12)21-17(22)11-20-9-8-13-4-5-14(18)10-16(13)19/h2-7,10,20H,8-9,11H2,1H3,(H,21,22). The summed E-state index contributed by atoms with van der Waals surface area (Å²) in [6.45, 7) is 2.94. The zero-order valence-electron chi connectivity index (χ0n) is 12.3. The number of hydrogen-bond acceptors (Lipinski definition) is 2. The largest absolute Gasteiger partial charge is 0.325 e. The summed E-state index contributed by atoms with van der Waals surface area (Å²) in [7, 11) is 0. The summed E-state index contributed by atoms with van der Waals surface area (Å²) in [5, 5.41) is 7.22. The van der Waals surface area contributed by atoms with Crippen molar-refractivity contribution < 1.29 is 4.79 Å². The minimum atomic E-state index is -0.0638. The van der Waals surface area contributed by atoms with E-state index < -0.39 is 0 Å². The Hall–Kier alpha value is -1.55. The molecule has 1 amide bonds. The van der Waals surface area contributed by atoms with Gasteiger partial charge in [-0.05, 0) is 49.7 Å². The van der Waals surface area contributed by atoms with Crippen LogP contribution in [0.15, 0.2) is 42.5 Å². The van der Waals surface area contributed by atoms with Crippen molar-refractivity contribution >= 4 is 34.8 Å². The lowest BCUT2D eigenvalue weighted by Crippen LogP contribution is -2.29. The van der Waals surface area contributed by atoms with Crippen molar-refractivity contribution in [2.24, 2.45) is 0 Å². The summed E-state index contributed by atoms with van der Waals surface area (Å²) in [6.07, 6.45) is 0.744. The molecular weight excluding hydrogens is 319 g/mol. The van der Waals surface area contributed by atoms with E-state index >= 15 is 0 Å². The average molecular weight is 337 g/mol. The first-order valence-corrected chi connectivity index (χ1v) is 7.81. The minimum Gasteiger partial charge on any atom is -0.325 e. The molecule has 2 aromatic carbocycles. The van der Waals surface area contributed by atoms with Gasteiger partial charge < -0.3 is 10.6 Å². The van der Waals surface area contributed by atoms with Crippen molar-refractivity contribution in [3.05, 3.63) is 63.6 Å². The molecule has 0 aliphatic carbocycles. The van der Waals surface area contributed by atoms with Crippen LogP contribution in [0.4, 0.5) is 5.69 Å². The van der Waals surface area contributed by atoms with Crippen molar-refractivity contribution in [1.29, 1.82) is 0 Å². The second-order valence-electron chi connectivity index (χ2n) is 5.08. The molecule has 5 heteroatoms. The van der Waals surface area contributed by atoms with Gasteiger partial charge in [0.1, 0.15) is 0 Å². The molecule has 116 valence electrons. The van der Waals surface area contributed by atoms with E-state index in [9.17, 15) is 4.79 Å². The van der Waals surface area contributed by atoms with Crippen LogP contribution in [-0.4, -0.2) is 19.0 Å². The number of rotatable bonds is 6. The molecule has 0 fully saturated rings. The molecule has 0 saturated heterocycles. The van der Waals surface area contributed by atoms with Gasteiger partial charge in [0.25, 0.3) is 0 Å². The highest BCUT2D eigenvalue weighted by atomic mass is 35.5. The molecule has 0 saturated carbocycles. The lowest BCUT2D eigenvalue weighted by atomic mass is 10.1. The molecule has 0 atom stereocenters. The van der Waals surface area contributed by atoms with Crippen LogP contribution in [0.5, 0.6) is 0 Å². The molecule has 0 radical (unpaired) electrons. The van der Waals surface area contributed by atoms with Crippen molar-refractivity contribution in [2.45, 2.75) is 13.3 Å². The summed E-state index contributed by atoms with van der Waals surface area (Å²) < 4.78 is 0. The zero-order valence-corrected chi connectivity index (χ0v) is 13.8. The van der Waals surface area contributed by atoms with Gasteiger partial charge in [-0.3, -0.25) is 4.79 Å². The van der Waals surface area contributed by atoms with Crippen molar-refractivity contribution in [3.63, 3.8) is 0 Å². The monoisotopic (exact) mass is 336 g/mol. The fourth-order valence-corrected chi connectivity index (χ4v) is 2.49. The van der Waals surface area contributed by atoms with Gasteiger partial charge in [0, 0.05) is 15.7 Å². The molecule has 2 aromatic rings. The van der Waals surface area contributed by atoms with Crippen molar-refractivity contribution in [3.8, 4) is 0 Å². The number of hydrogen-bond donors (Lipinski definition) is 2. The van der Waals surface area contributed by atoms with Crippen LogP contribution in [0, 0.1) is 6.92 Å². The highest BCUT2D eigenvalue weighted by Crippen LogP contribution is 2.21. The van der Waals surface area contributed by atoms with Gasteiger partial charge in [-0.15, -0.1) is 0 Å². The molecule has 2 rings (SSSR count). The lowest BCUT2D eigenvalue weighted by Gasteiger charge is -2.08. The summed E-state index contributed by atoms with van der Waals surface area (Å²) >= 11 is 12.0. The Labute approximate surface area is 140 Å². The quantitative estimate of drug-likeness (QED) is 0.780. The molecule has 0 aliphatic rings. The van der Waals surface area contributed by atoms with Crippen molar-refractivity contribution in [1.82, 2.24) is 5.32 Å². The summed E-state index contributed by atoms with van der Waals surface area (Å²) in [4.78, 5) is 11.8. The summed E-state index contributed by atoms with van der Waals surface area (Å²) in [5.74, 6) is -0.0638. The van der Waals surface area contributed by atoms with E-state index in [1.54, 1.807) is 6.07 Å². The number of carbonyl (C=O) groups excluding carboxylic acids is 1. The lowest BCUT2D eigenvalue weighted by molar-refractivity contribution is -0.115. The molecule has 2 N–H and O–H groups in total. The van der Waals surface area contributed by atoms with Crippen LogP contribution in [0.25, 0.3) is 0 Å². The third-order valence-corrected chi connectivity index (χ3v) is 3.79. The van der Waals surface area contributed by atoms with E-state index in [1.807, 2.05) is 43.3 Å². The van der Waals surface area contributed by atoms with Crippen LogP contribution in [-0.2, 0) is 11.2 Å². The Bertz CT molecular complexity index is 642. The molecule has 22 heavy (non-hydrogen) atoms. The van der Waals surface area contributed by atoms with E-state index in [2.05, 4.69) is 10.6 Å². The smallest absolute Gasteiger partial charge is 0.238 e. The maximum absolute atomic E-state index is 11.8. The Morgan fingerprint density at radius 1 is 1.09 bits per heavy atom. The highest BCUT2D eigenvalue weighted by Gasteiger charge is 2.04. The molecule has 3 nitrogen and oxygen atoms in total. The zero-order chi connectivity index (χ0) is 15.9. The van der Waals surface area contributed by atoms with Crippen LogP contribution >= 0.6 is 23.2 Å². The third kappa shape index (κ3) is 5.34. The summed E-state index contributed by atoms with van der Waals surface area (Å²) in [5.41, 5.74) is 2.98. The molecule has 0 aliphatic heterocycles. The molecule has 0 heterocycles. The predicted molar refractivity (Wildman–Crippen MR) is 92.8 cm³/mol. The minimum absolute atomic E-state index is 0.0638. The van der Waals surface area contributed by atoms with E-state index in [4.69, 9.17) is 23.2 Å². The van der Waals surface area contributed by atoms with Crippen LogP contribution < -0.4 is 10.6 Å². The Balaban J connectivity index is 1.72.